The van der Waals surface area contributed by atoms with Crippen molar-refractivity contribution in [2.75, 3.05) is 5.32 Å². The van der Waals surface area contributed by atoms with Gasteiger partial charge in [0.25, 0.3) is 5.91 Å². The molecule has 9 heteroatoms. The first kappa shape index (κ1) is 19.4. The van der Waals surface area contributed by atoms with E-state index in [2.05, 4.69) is 25.9 Å². The number of anilines is 1. The minimum atomic E-state index is -0.324. The number of aryl methyl sites for hydroxylation is 2. The molecule has 0 radical (unpaired) electrons. The van der Waals surface area contributed by atoms with E-state index in [1.54, 1.807) is 21.5 Å². The summed E-state index contributed by atoms with van der Waals surface area (Å²) in [6, 6.07) is 11.5. The first-order valence-corrected chi connectivity index (χ1v) is 9.48. The molecule has 2 aromatic heterocycles. The van der Waals surface area contributed by atoms with Crippen LogP contribution in [0, 0.1) is 19.7 Å². The Morgan fingerprint density at radius 1 is 1.10 bits per heavy atom. The number of rotatable bonds is 5. The van der Waals surface area contributed by atoms with Gasteiger partial charge in [0.2, 0.25) is 0 Å². The van der Waals surface area contributed by atoms with E-state index in [9.17, 15) is 9.18 Å². The lowest BCUT2D eigenvalue weighted by Crippen LogP contribution is -2.15. The highest BCUT2D eigenvalue weighted by Crippen LogP contribution is 2.22. The average molecular weight is 405 g/mol. The van der Waals surface area contributed by atoms with Crippen molar-refractivity contribution in [1.82, 2.24) is 30.0 Å². The lowest BCUT2D eigenvalue weighted by Gasteiger charge is -2.11. The van der Waals surface area contributed by atoms with Gasteiger partial charge in [-0.1, -0.05) is 13.0 Å². The second kappa shape index (κ2) is 7.86. The van der Waals surface area contributed by atoms with Gasteiger partial charge in [-0.2, -0.15) is 9.78 Å². The van der Waals surface area contributed by atoms with E-state index in [-0.39, 0.29) is 11.7 Å². The van der Waals surface area contributed by atoms with Crippen LogP contribution >= 0.6 is 0 Å². The molecule has 0 aliphatic rings. The van der Waals surface area contributed by atoms with Crippen molar-refractivity contribution in [3.8, 4) is 11.4 Å². The van der Waals surface area contributed by atoms with Gasteiger partial charge < -0.3 is 5.32 Å². The van der Waals surface area contributed by atoms with Gasteiger partial charge in [-0.15, -0.1) is 5.10 Å². The number of nitrogens with zero attached hydrogens (tertiary/aromatic N) is 6. The van der Waals surface area contributed by atoms with Crippen molar-refractivity contribution in [3.63, 3.8) is 0 Å². The van der Waals surface area contributed by atoms with Gasteiger partial charge >= 0.3 is 0 Å². The summed E-state index contributed by atoms with van der Waals surface area (Å²) in [7, 11) is 0. The minimum Gasteiger partial charge on any atom is -0.322 e. The van der Waals surface area contributed by atoms with Crippen LogP contribution in [0.25, 0.3) is 11.4 Å². The molecule has 1 amide bonds. The number of amides is 1. The van der Waals surface area contributed by atoms with Gasteiger partial charge in [-0.25, -0.2) is 9.07 Å². The summed E-state index contributed by atoms with van der Waals surface area (Å²) in [4.78, 5) is 13.0. The van der Waals surface area contributed by atoms with Gasteiger partial charge in [0.15, 0.2) is 5.82 Å². The van der Waals surface area contributed by atoms with Crippen LogP contribution in [0.5, 0.6) is 0 Å². The fourth-order valence-corrected chi connectivity index (χ4v) is 3.28. The molecule has 0 aliphatic heterocycles. The van der Waals surface area contributed by atoms with Crippen LogP contribution in [0.2, 0.25) is 0 Å². The molecular formula is C21H20FN7O. The molecule has 0 fully saturated rings. The monoisotopic (exact) mass is 405 g/mol. The average Bonchev–Trinajstić information content (AvgIpc) is 3.36. The number of halogens is 1. The Kier molecular flexibility index (Phi) is 5.09. The maximum Gasteiger partial charge on any atom is 0.259 e. The second-order valence-electron chi connectivity index (χ2n) is 6.84. The Hall–Kier alpha value is -3.88. The predicted molar refractivity (Wildman–Crippen MR) is 109 cm³/mol. The zero-order valence-electron chi connectivity index (χ0n) is 16.8. The molecule has 2 heterocycles. The number of nitrogens with one attached hydrogen (secondary N) is 1. The second-order valence-corrected chi connectivity index (χ2v) is 6.84. The van der Waals surface area contributed by atoms with E-state index >= 15 is 0 Å². The number of hydrogen-bond acceptors (Lipinski definition) is 5. The molecule has 0 bridgehead atoms. The van der Waals surface area contributed by atoms with Crippen LogP contribution < -0.4 is 5.32 Å². The Labute approximate surface area is 172 Å². The molecule has 4 rings (SSSR count). The van der Waals surface area contributed by atoms with E-state index in [0.717, 1.165) is 16.9 Å². The summed E-state index contributed by atoms with van der Waals surface area (Å²) in [6.07, 6.45) is 2.11. The SMILES string of the molecule is CCc1c(C(=O)Nc2ccc(C)c(-n3nnnc3C)c2)cnn1-c1ccc(F)cc1. The normalized spacial score (nSPS) is 10.9. The Morgan fingerprint density at radius 2 is 1.87 bits per heavy atom. The summed E-state index contributed by atoms with van der Waals surface area (Å²) in [5.41, 5.74) is 4.27. The van der Waals surface area contributed by atoms with E-state index in [1.807, 2.05) is 39.0 Å². The molecule has 0 aliphatic carbocycles. The van der Waals surface area contributed by atoms with Crippen LogP contribution in [0.1, 0.15) is 34.4 Å². The zero-order chi connectivity index (χ0) is 21.3. The highest BCUT2D eigenvalue weighted by atomic mass is 19.1. The van der Waals surface area contributed by atoms with Crippen molar-refractivity contribution < 1.29 is 9.18 Å². The number of tetrazole rings is 1. The first-order chi connectivity index (χ1) is 14.5. The molecule has 30 heavy (non-hydrogen) atoms. The maximum atomic E-state index is 13.2. The molecule has 4 aromatic rings. The first-order valence-electron chi connectivity index (χ1n) is 9.48. The summed E-state index contributed by atoms with van der Waals surface area (Å²) >= 11 is 0. The lowest BCUT2D eigenvalue weighted by molar-refractivity contribution is 0.102. The lowest BCUT2D eigenvalue weighted by atomic mass is 10.1. The molecule has 0 unspecified atom stereocenters. The smallest absolute Gasteiger partial charge is 0.259 e. The van der Waals surface area contributed by atoms with Gasteiger partial charge in [0, 0.05) is 5.69 Å². The largest absolute Gasteiger partial charge is 0.322 e. The van der Waals surface area contributed by atoms with Crippen molar-refractivity contribution in [2.45, 2.75) is 27.2 Å². The van der Waals surface area contributed by atoms with E-state index in [1.165, 1.54) is 18.3 Å². The van der Waals surface area contributed by atoms with Crippen LogP contribution in [0.4, 0.5) is 10.1 Å². The van der Waals surface area contributed by atoms with Gasteiger partial charge in [0.05, 0.1) is 28.8 Å². The van der Waals surface area contributed by atoms with Crippen LogP contribution in [0.15, 0.2) is 48.7 Å². The summed E-state index contributed by atoms with van der Waals surface area (Å²) in [6.45, 7) is 5.70. The Bertz CT molecular complexity index is 1210. The van der Waals surface area contributed by atoms with E-state index in [0.29, 0.717) is 29.2 Å². The molecule has 0 saturated carbocycles. The minimum absolute atomic E-state index is 0.275. The van der Waals surface area contributed by atoms with E-state index in [4.69, 9.17) is 0 Å². The number of hydrogen-bond donors (Lipinski definition) is 1. The Morgan fingerprint density at radius 3 is 2.53 bits per heavy atom. The van der Waals surface area contributed by atoms with Crippen molar-refractivity contribution in [2.24, 2.45) is 0 Å². The van der Waals surface area contributed by atoms with Crippen LogP contribution in [0.3, 0.4) is 0 Å². The fourth-order valence-electron chi connectivity index (χ4n) is 3.28. The van der Waals surface area contributed by atoms with Crippen molar-refractivity contribution in [1.29, 1.82) is 0 Å². The quantitative estimate of drug-likeness (QED) is 0.549. The topological polar surface area (TPSA) is 90.5 Å². The number of aromatic nitrogens is 6. The molecule has 0 atom stereocenters. The van der Waals surface area contributed by atoms with Gasteiger partial charge in [-0.3, -0.25) is 4.79 Å². The third-order valence-corrected chi connectivity index (χ3v) is 4.84. The molecule has 1 N–H and O–H groups in total. The summed E-state index contributed by atoms with van der Waals surface area (Å²) in [5, 5.41) is 18.8. The van der Waals surface area contributed by atoms with Gasteiger partial charge in [0.1, 0.15) is 5.82 Å². The Balaban J connectivity index is 1.64. The molecule has 0 saturated heterocycles. The highest BCUT2D eigenvalue weighted by Gasteiger charge is 2.18. The van der Waals surface area contributed by atoms with E-state index < -0.39 is 0 Å². The summed E-state index contributed by atoms with van der Waals surface area (Å²) in [5.74, 6) is 0.0498. The number of carbonyl (C=O) groups excluding carboxylic acids is 1. The number of benzene rings is 2. The third-order valence-electron chi connectivity index (χ3n) is 4.84. The number of carbonyl (C=O) groups is 1. The van der Waals surface area contributed by atoms with Crippen molar-refractivity contribution in [3.05, 3.63) is 77.1 Å². The molecule has 0 spiro atoms. The fraction of sp³-hybridized carbons (Fsp3) is 0.190. The maximum absolute atomic E-state index is 13.2. The molecule has 2 aromatic carbocycles. The zero-order valence-corrected chi connectivity index (χ0v) is 16.8. The standard InChI is InChI=1S/C21H20FN7O/c1-4-19-18(12-23-29(19)17-9-6-15(22)7-10-17)21(30)24-16-8-5-13(2)20(11-16)28-14(3)25-26-27-28/h5-12H,4H2,1-3H3,(H,24,30). The molecule has 152 valence electrons. The van der Waals surface area contributed by atoms with Crippen LogP contribution in [-0.2, 0) is 6.42 Å². The third kappa shape index (κ3) is 3.57. The summed E-state index contributed by atoms with van der Waals surface area (Å²) < 4.78 is 16.5. The highest BCUT2D eigenvalue weighted by molar-refractivity contribution is 6.05. The van der Waals surface area contributed by atoms with Gasteiger partial charge in [-0.05, 0) is 72.7 Å². The molecule has 8 nitrogen and oxygen atoms in total. The molecular weight excluding hydrogens is 385 g/mol. The predicted octanol–water partition coefficient (Wildman–Crippen LogP) is 3.42. The van der Waals surface area contributed by atoms with Crippen molar-refractivity contribution >= 4 is 11.6 Å². The van der Waals surface area contributed by atoms with Crippen LogP contribution in [-0.4, -0.2) is 35.9 Å².